The van der Waals surface area contributed by atoms with Gasteiger partial charge in [-0.25, -0.2) is 0 Å². The number of methoxy groups -OCH3 is 1. The highest BCUT2D eigenvalue weighted by molar-refractivity contribution is 8.64. The summed E-state index contributed by atoms with van der Waals surface area (Å²) in [5.74, 6) is 0.806. The number of hydrogen-bond acceptors (Lipinski definition) is 3. The van der Waals surface area contributed by atoms with Crippen LogP contribution in [0.25, 0.3) is 0 Å². The van der Waals surface area contributed by atoms with E-state index in [9.17, 15) is 0 Å². The predicted molar refractivity (Wildman–Crippen MR) is 106 cm³/mol. The van der Waals surface area contributed by atoms with E-state index >= 15 is 0 Å². The van der Waals surface area contributed by atoms with Crippen molar-refractivity contribution in [2.45, 2.75) is 32.3 Å². The molecule has 0 amide bonds. The first kappa shape index (κ1) is 18.5. The van der Waals surface area contributed by atoms with E-state index in [1.165, 1.54) is 5.56 Å². The Balaban J connectivity index is 2.03. The second-order valence-corrected chi connectivity index (χ2v) is 11.8. The van der Waals surface area contributed by atoms with Gasteiger partial charge in [0.25, 0.3) is 0 Å². The smallest absolute Gasteiger partial charge is 0.146 e. The molecule has 0 aliphatic heterocycles. The summed E-state index contributed by atoms with van der Waals surface area (Å²) in [7, 11) is 1.65. The number of hydrogen-bond donors (Lipinski definition) is 1. The summed E-state index contributed by atoms with van der Waals surface area (Å²) >= 11 is 10.4. The van der Waals surface area contributed by atoms with E-state index in [4.69, 9.17) is 21.1 Å². The van der Waals surface area contributed by atoms with Crippen LogP contribution in [0.4, 0.5) is 0 Å². The van der Waals surface area contributed by atoms with Crippen LogP contribution < -0.4 is 10.0 Å². The fraction of sp³-hybridized carbons (Fsp3) is 0.333. The number of benzene rings is 2. The summed E-state index contributed by atoms with van der Waals surface area (Å²) < 4.78 is 11.4. The van der Waals surface area contributed by atoms with Crippen LogP contribution in [0.3, 0.4) is 0 Å². The lowest BCUT2D eigenvalue weighted by atomic mass is 9.99. The average Bonchev–Trinajstić information content (AvgIpc) is 2.53. The van der Waals surface area contributed by atoms with Gasteiger partial charge in [-0.15, -0.1) is 12.2 Å². The summed E-state index contributed by atoms with van der Waals surface area (Å²) in [4.78, 5) is 0. The maximum absolute atomic E-state index is 6.26. The SMILES string of the molecule is COc1ccc(P(=S)(S)OC(C)(C)CCc2ccccc2)cc1. The Morgan fingerprint density at radius 3 is 2.22 bits per heavy atom. The van der Waals surface area contributed by atoms with Gasteiger partial charge < -0.3 is 9.26 Å². The Morgan fingerprint density at radius 1 is 1.04 bits per heavy atom. The monoisotopic (exact) mass is 366 g/mol. The molecule has 5 heteroatoms. The van der Waals surface area contributed by atoms with E-state index in [1.54, 1.807) is 7.11 Å². The van der Waals surface area contributed by atoms with Crippen LogP contribution >= 0.6 is 17.7 Å². The van der Waals surface area contributed by atoms with Crippen LogP contribution in [0.1, 0.15) is 25.8 Å². The van der Waals surface area contributed by atoms with Crippen molar-refractivity contribution < 1.29 is 9.26 Å². The second-order valence-electron chi connectivity index (χ2n) is 6.06. The Hall–Kier alpha value is -0.800. The molecule has 124 valence electrons. The Bertz CT molecular complexity index is 669. The first-order chi connectivity index (χ1) is 10.8. The molecule has 2 rings (SSSR count). The van der Waals surface area contributed by atoms with E-state index in [2.05, 4.69) is 50.4 Å². The highest BCUT2D eigenvalue weighted by atomic mass is 32.9. The minimum Gasteiger partial charge on any atom is -0.497 e. The minimum atomic E-state index is -2.35. The molecule has 0 fully saturated rings. The van der Waals surface area contributed by atoms with Crippen LogP contribution in [0.15, 0.2) is 54.6 Å². The molecule has 2 nitrogen and oxygen atoms in total. The topological polar surface area (TPSA) is 18.5 Å². The first-order valence-electron chi connectivity index (χ1n) is 7.54. The molecule has 2 aromatic rings. The zero-order valence-electron chi connectivity index (χ0n) is 13.7. The summed E-state index contributed by atoms with van der Waals surface area (Å²) in [6.07, 6.45) is 1.85. The normalized spacial score (nSPS) is 14.3. The lowest BCUT2D eigenvalue weighted by Crippen LogP contribution is -2.25. The summed E-state index contributed by atoms with van der Waals surface area (Å²) in [5, 5.41) is 0.949. The third kappa shape index (κ3) is 5.65. The van der Waals surface area contributed by atoms with E-state index in [-0.39, 0.29) is 5.60 Å². The molecule has 0 N–H and O–H groups in total. The largest absolute Gasteiger partial charge is 0.497 e. The maximum Gasteiger partial charge on any atom is 0.146 e. The van der Waals surface area contributed by atoms with Crippen molar-refractivity contribution in [3.05, 3.63) is 60.2 Å². The van der Waals surface area contributed by atoms with Gasteiger partial charge in [-0.2, -0.15) is 0 Å². The first-order valence-corrected chi connectivity index (χ1v) is 11.4. The molecule has 0 saturated carbocycles. The van der Waals surface area contributed by atoms with Crippen molar-refractivity contribution in [2.24, 2.45) is 0 Å². The van der Waals surface area contributed by atoms with Gasteiger partial charge in [-0.05, 0) is 56.5 Å². The molecular formula is C18H23O2PS2. The van der Waals surface area contributed by atoms with Crippen molar-refractivity contribution in [1.82, 2.24) is 0 Å². The molecule has 0 radical (unpaired) electrons. The summed E-state index contributed by atoms with van der Waals surface area (Å²) in [5.41, 5.74) is -1.37. The molecule has 1 unspecified atom stereocenters. The van der Waals surface area contributed by atoms with Gasteiger partial charge in [0.2, 0.25) is 0 Å². The molecule has 0 aliphatic rings. The second kappa shape index (κ2) is 7.85. The zero-order valence-corrected chi connectivity index (χ0v) is 16.3. The molecule has 0 spiro atoms. The van der Waals surface area contributed by atoms with Crippen molar-refractivity contribution in [3.8, 4) is 5.75 Å². The Morgan fingerprint density at radius 2 is 1.65 bits per heavy atom. The highest BCUT2D eigenvalue weighted by Gasteiger charge is 2.27. The van der Waals surface area contributed by atoms with Crippen molar-refractivity contribution in [2.75, 3.05) is 7.11 Å². The average molecular weight is 366 g/mol. The molecule has 23 heavy (non-hydrogen) atoms. The molecule has 0 bridgehead atoms. The van der Waals surface area contributed by atoms with Crippen molar-refractivity contribution in [3.63, 3.8) is 0 Å². The molecule has 1 atom stereocenters. The molecule has 0 aliphatic carbocycles. The minimum absolute atomic E-state index is 0.326. The number of thiol groups is 1. The van der Waals surface area contributed by atoms with Crippen molar-refractivity contribution in [1.29, 1.82) is 0 Å². The lowest BCUT2D eigenvalue weighted by molar-refractivity contribution is 0.122. The third-order valence-corrected chi connectivity index (χ3v) is 7.11. The van der Waals surface area contributed by atoms with E-state index in [0.29, 0.717) is 0 Å². The van der Waals surface area contributed by atoms with E-state index < -0.39 is 5.47 Å². The quantitative estimate of drug-likeness (QED) is 0.550. The van der Waals surface area contributed by atoms with Gasteiger partial charge in [0.1, 0.15) is 11.2 Å². The van der Waals surface area contributed by atoms with Gasteiger partial charge >= 0.3 is 0 Å². The lowest BCUT2D eigenvalue weighted by Gasteiger charge is -2.31. The van der Waals surface area contributed by atoms with Crippen molar-refractivity contribution >= 4 is 34.8 Å². The summed E-state index contributed by atoms with van der Waals surface area (Å²) in [6.45, 7) is 4.16. The van der Waals surface area contributed by atoms with Crippen LogP contribution in [0.5, 0.6) is 5.75 Å². The van der Waals surface area contributed by atoms with Crippen LogP contribution in [0.2, 0.25) is 0 Å². The number of rotatable bonds is 7. The van der Waals surface area contributed by atoms with Gasteiger partial charge in [-0.3, -0.25) is 0 Å². The van der Waals surface area contributed by atoms with Gasteiger partial charge in [0.05, 0.1) is 12.7 Å². The van der Waals surface area contributed by atoms with Gasteiger partial charge in [-0.1, -0.05) is 42.1 Å². The Labute approximate surface area is 149 Å². The third-order valence-electron chi connectivity index (χ3n) is 3.63. The van der Waals surface area contributed by atoms with Crippen LogP contribution in [-0.2, 0) is 22.8 Å². The van der Waals surface area contributed by atoms with Crippen LogP contribution in [0, 0.1) is 0 Å². The highest BCUT2D eigenvalue weighted by Crippen LogP contribution is 2.54. The Kier molecular flexibility index (Phi) is 6.33. The summed E-state index contributed by atoms with van der Waals surface area (Å²) in [6, 6.07) is 18.1. The number of ether oxygens (including phenoxy) is 1. The molecule has 2 aromatic carbocycles. The predicted octanol–water partition coefficient (Wildman–Crippen LogP) is 4.99. The fourth-order valence-corrected chi connectivity index (χ4v) is 5.72. The van der Waals surface area contributed by atoms with Gasteiger partial charge in [0, 0.05) is 5.30 Å². The van der Waals surface area contributed by atoms with E-state index in [1.807, 2.05) is 30.3 Å². The van der Waals surface area contributed by atoms with E-state index in [0.717, 1.165) is 23.9 Å². The zero-order chi connectivity index (χ0) is 16.9. The number of aryl methyl sites for hydroxylation is 1. The maximum atomic E-state index is 6.26. The molecular weight excluding hydrogens is 343 g/mol. The van der Waals surface area contributed by atoms with Crippen LogP contribution in [-0.4, -0.2) is 12.7 Å². The molecule has 0 heterocycles. The fourth-order valence-electron chi connectivity index (χ4n) is 2.29. The van der Waals surface area contributed by atoms with Gasteiger partial charge in [0.15, 0.2) is 0 Å². The standard InChI is InChI=1S/C18H23O2PS2/c1-18(2,14-13-15-7-5-4-6-8-15)20-21(22,23)17-11-9-16(19-3)10-12-17/h4-12H,13-14H2,1-3H3,(H,22,23). The molecule has 0 saturated heterocycles. The molecule has 0 aromatic heterocycles.